The summed E-state index contributed by atoms with van der Waals surface area (Å²) in [7, 11) is -4.41. The Morgan fingerprint density at radius 3 is 2.16 bits per heavy atom. The summed E-state index contributed by atoms with van der Waals surface area (Å²) in [5, 5.41) is 10.8. The van der Waals surface area contributed by atoms with Gasteiger partial charge in [0, 0.05) is 14.7 Å². The van der Waals surface area contributed by atoms with Gasteiger partial charge in [0.1, 0.15) is 6.04 Å². The van der Waals surface area contributed by atoms with Crippen LogP contribution in [-0.2, 0) is 14.8 Å². The Morgan fingerprint density at radius 2 is 1.66 bits per heavy atom. The van der Waals surface area contributed by atoms with Crippen molar-refractivity contribution in [1.29, 1.82) is 0 Å². The number of benzene rings is 2. The molecule has 3 N–H and O–H groups in total. The number of anilines is 1. The van der Waals surface area contributed by atoms with Crippen molar-refractivity contribution in [2.24, 2.45) is 11.1 Å². The molecule has 3 aromatic rings. The maximum absolute atomic E-state index is 13.8. The monoisotopic (exact) mass is 514 g/mol. The number of aliphatic carboxylic acids is 1. The van der Waals surface area contributed by atoms with Crippen LogP contribution >= 0.6 is 34.5 Å². The Morgan fingerprint density at radius 1 is 1.06 bits per heavy atom. The van der Waals surface area contributed by atoms with Crippen LogP contribution in [0, 0.1) is 5.41 Å². The van der Waals surface area contributed by atoms with Crippen molar-refractivity contribution < 1.29 is 23.1 Å². The van der Waals surface area contributed by atoms with Crippen LogP contribution in [0.15, 0.2) is 47.4 Å². The normalized spacial score (nSPS) is 13.2. The van der Waals surface area contributed by atoms with Crippen LogP contribution in [0.5, 0.6) is 0 Å². The summed E-state index contributed by atoms with van der Waals surface area (Å²) in [4.78, 5) is 23.9. The zero-order valence-electron chi connectivity index (χ0n) is 17.3. The number of amides is 1. The topological polar surface area (TPSA) is 118 Å². The van der Waals surface area contributed by atoms with Crippen LogP contribution in [0.1, 0.15) is 30.4 Å². The summed E-state index contributed by atoms with van der Waals surface area (Å²) in [6, 6.07) is 8.53. The molecule has 1 amide bonds. The first-order chi connectivity index (χ1) is 14.7. The van der Waals surface area contributed by atoms with E-state index in [1.807, 2.05) is 0 Å². The van der Waals surface area contributed by atoms with Gasteiger partial charge in [0.05, 0.1) is 15.5 Å². The third kappa shape index (κ3) is 4.71. The summed E-state index contributed by atoms with van der Waals surface area (Å²) in [6.45, 7) is 4.90. The fraction of sp³-hybridized carbons (Fsp3) is 0.238. The number of fused-ring (bicyclic) bond motifs is 1. The number of thiophene rings is 1. The molecule has 2 aromatic carbocycles. The van der Waals surface area contributed by atoms with Gasteiger partial charge in [-0.1, -0.05) is 44.0 Å². The lowest BCUT2D eigenvalue weighted by molar-refractivity contribution is -0.140. The van der Waals surface area contributed by atoms with Gasteiger partial charge < -0.3 is 10.8 Å². The highest BCUT2D eigenvalue weighted by molar-refractivity contribution is 7.93. The maximum atomic E-state index is 13.8. The molecule has 0 aliphatic carbocycles. The molecule has 32 heavy (non-hydrogen) atoms. The molecule has 1 unspecified atom stereocenters. The third-order valence-corrected chi connectivity index (χ3v) is 8.02. The molecule has 1 aromatic heterocycles. The van der Waals surface area contributed by atoms with Gasteiger partial charge in [0.2, 0.25) is 0 Å². The highest BCUT2D eigenvalue weighted by Crippen LogP contribution is 2.38. The molecule has 3 rings (SSSR count). The summed E-state index contributed by atoms with van der Waals surface area (Å²) >= 11 is 13.2. The van der Waals surface area contributed by atoms with Crippen molar-refractivity contribution in [3.63, 3.8) is 0 Å². The minimum atomic E-state index is -4.41. The number of carboxylic acids is 1. The summed E-state index contributed by atoms with van der Waals surface area (Å²) in [5.74, 6) is -1.93. The van der Waals surface area contributed by atoms with Crippen LogP contribution in [0.3, 0.4) is 0 Å². The van der Waals surface area contributed by atoms with Gasteiger partial charge in [-0.05, 0) is 53.3 Å². The molecular formula is C21H20Cl2N2O5S2. The molecule has 0 saturated carbocycles. The van der Waals surface area contributed by atoms with Crippen molar-refractivity contribution in [1.82, 2.24) is 0 Å². The molecule has 0 saturated heterocycles. The van der Waals surface area contributed by atoms with E-state index in [1.54, 1.807) is 32.9 Å². The van der Waals surface area contributed by atoms with Crippen LogP contribution in [0.4, 0.5) is 5.69 Å². The smallest absolute Gasteiger partial charge is 0.328 e. The lowest BCUT2D eigenvalue weighted by Gasteiger charge is -2.37. The first-order valence-corrected chi connectivity index (χ1v) is 12.3. The Balaban J connectivity index is 2.31. The number of hydrogen-bond acceptors (Lipinski definition) is 5. The Hall–Kier alpha value is -2.33. The van der Waals surface area contributed by atoms with E-state index >= 15 is 0 Å². The van der Waals surface area contributed by atoms with Crippen molar-refractivity contribution in [3.05, 3.63) is 57.4 Å². The molecule has 0 radical (unpaired) electrons. The molecule has 1 heterocycles. The number of sulfonamides is 1. The van der Waals surface area contributed by atoms with E-state index in [4.69, 9.17) is 28.9 Å². The lowest BCUT2D eigenvalue weighted by atomic mass is 9.86. The van der Waals surface area contributed by atoms with Crippen molar-refractivity contribution in [2.75, 3.05) is 4.31 Å². The largest absolute Gasteiger partial charge is 0.480 e. The second-order valence-electron chi connectivity index (χ2n) is 8.21. The standard InChI is InChI=1S/C21H20Cl2N2O5S2/c1-21(2,3)18(20(27)28)25(32(29,30)15-9-12(22)8-13(23)10-15)14-4-5-16-11(6-14)7-17(31-16)19(24)26/h4-10,18H,1-3H3,(H2,24,26)(H,27,28). The molecule has 0 fully saturated rings. The number of nitrogens with two attached hydrogens (primary N) is 1. The summed E-state index contributed by atoms with van der Waals surface area (Å²) in [6.07, 6.45) is 0. The second-order valence-corrected chi connectivity index (χ2v) is 12.0. The SMILES string of the molecule is CC(C)(C)C(C(=O)O)N(c1ccc2sc(C(N)=O)cc2c1)S(=O)(=O)c1cc(Cl)cc(Cl)c1. The first-order valence-electron chi connectivity index (χ1n) is 9.28. The molecule has 7 nitrogen and oxygen atoms in total. The van der Waals surface area contributed by atoms with E-state index in [1.165, 1.54) is 30.3 Å². The van der Waals surface area contributed by atoms with Crippen molar-refractivity contribution in [3.8, 4) is 0 Å². The summed E-state index contributed by atoms with van der Waals surface area (Å²) in [5.41, 5.74) is 4.49. The van der Waals surface area contributed by atoms with Crippen molar-refractivity contribution in [2.45, 2.75) is 31.7 Å². The number of hydrogen-bond donors (Lipinski definition) is 2. The Kier molecular flexibility index (Phi) is 6.50. The third-order valence-electron chi connectivity index (χ3n) is 4.68. The minimum Gasteiger partial charge on any atom is -0.480 e. The fourth-order valence-corrected chi connectivity index (χ4v) is 6.73. The molecule has 0 bridgehead atoms. The van der Waals surface area contributed by atoms with Gasteiger partial charge in [-0.15, -0.1) is 11.3 Å². The number of carbonyl (C=O) groups is 2. The Bertz CT molecular complexity index is 1310. The predicted molar refractivity (Wildman–Crippen MR) is 127 cm³/mol. The van der Waals surface area contributed by atoms with Gasteiger partial charge in [-0.3, -0.25) is 9.10 Å². The maximum Gasteiger partial charge on any atom is 0.328 e. The van der Waals surface area contributed by atoms with Crippen LogP contribution in [0.25, 0.3) is 10.1 Å². The summed E-state index contributed by atoms with van der Waals surface area (Å²) < 4.78 is 29.1. The van der Waals surface area contributed by atoms with Gasteiger partial charge in [0.15, 0.2) is 0 Å². The molecule has 0 spiro atoms. The van der Waals surface area contributed by atoms with E-state index in [0.717, 1.165) is 15.6 Å². The minimum absolute atomic E-state index is 0.0954. The van der Waals surface area contributed by atoms with E-state index in [-0.39, 0.29) is 20.6 Å². The molecule has 11 heteroatoms. The highest BCUT2D eigenvalue weighted by atomic mass is 35.5. The van der Waals surface area contributed by atoms with Crippen molar-refractivity contribution >= 4 is 72.2 Å². The number of carbonyl (C=O) groups excluding carboxylic acids is 1. The van der Waals surface area contributed by atoms with Gasteiger partial charge >= 0.3 is 5.97 Å². The predicted octanol–water partition coefficient (Wildman–Crippen LogP) is 5.00. The number of rotatable bonds is 6. The van der Waals surface area contributed by atoms with Gasteiger partial charge in [-0.2, -0.15) is 0 Å². The van der Waals surface area contributed by atoms with Gasteiger partial charge in [0.25, 0.3) is 15.9 Å². The molecule has 0 aliphatic rings. The fourth-order valence-electron chi connectivity index (χ4n) is 3.33. The number of nitrogens with zero attached hydrogens (tertiary/aromatic N) is 1. The second kappa shape index (κ2) is 8.55. The molecule has 1 atom stereocenters. The highest BCUT2D eigenvalue weighted by Gasteiger charge is 2.43. The van der Waals surface area contributed by atoms with E-state index in [0.29, 0.717) is 15.0 Å². The number of primary amides is 1. The van der Waals surface area contributed by atoms with Gasteiger partial charge in [-0.25, -0.2) is 13.2 Å². The van der Waals surface area contributed by atoms with E-state index in [9.17, 15) is 23.1 Å². The van der Waals surface area contributed by atoms with E-state index in [2.05, 4.69) is 0 Å². The first kappa shape index (κ1) is 24.3. The van der Waals surface area contributed by atoms with Crippen LogP contribution in [-0.4, -0.2) is 31.4 Å². The molecular weight excluding hydrogens is 495 g/mol. The molecule has 170 valence electrons. The zero-order valence-corrected chi connectivity index (χ0v) is 20.4. The quantitative estimate of drug-likeness (QED) is 0.479. The number of carboxylic acid groups (broad SMARTS) is 1. The van der Waals surface area contributed by atoms with Crippen LogP contribution < -0.4 is 10.0 Å². The zero-order chi connectivity index (χ0) is 24.0. The molecule has 0 aliphatic heterocycles. The van der Waals surface area contributed by atoms with E-state index < -0.39 is 33.4 Å². The average molecular weight is 515 g/mol. The van der Waals surface area contributed by atoms with Crippen LogP contribution in [0.2, 0.25) is 10.0 Å². The Labute approximate surface area is 199 Å². The number of halogens is 2. The average Bonchev–Trinajstić information content (AvgIpc) is 3.07. The lowest BCUT2D eigenvalue weighted by Crippen LogP contribution is -2.52.